The zero-order chi connectivity index (χ0) is 20.7. The van der Waals surface area contributed by atoms with Crippen LogP contribution in [0.5, 0.6) is 0 Å². The fraction of sp³-hybridized carbons (Fsp3) is 0.750. The lowest BCUT2D eigenvalue weighted by molar-refractivity contribution is 0.398. The standard InChI is InChI=1S/C24H42O3S/c1-3-5-7-9-10-12-14-18-22(17-13-11-8-6-4-2)21-23-19-15-16-20-24(23)28(25,26)27/h15-16,19-20,22H,3-14,17-18,21H2,1-2H3,(H,25,26,27). The smallest absolute Gasteiger partial charge is 0.282 e. The van der Waals surface area contributed by atoms with E-state index in [1.807, 2.05) is 12.1 Å². The molecule has 0 aliphatic carbocycles. The summed E-state index contributed by atoms with van der Waals surface area (Å²) < 4.78 is 33.0. The number of benzene rings is 1. The van der Waals surface area contributed by atoms with Gasteiger partial charge in [0.1, 0.15) is 0 Å². The molecule has 0 spiro atoms. The van der Waals surface area contributed by atoms with E-state index >= 15 is 0 Å². The van der Waals surface area contributed by atoms with Crippen LogP contribution >= 0.6 is 0 Å². The van der Waals surface area contributed by atoms with Gasteiger partial charge in [0.2, 0.25) is 0 Å². The summed E-state index contributed by atoms with van der Waals surface area (Å²) in [5, 5.41) is 0. The second kappa shape index (κ2) is 15.0. The lowest BCUT2D eigenvalue weighted by Crippen LogP contribution is -2.10. The highest BCUT2D eigenvalue weighted by atomic mass is 32.2. The summed E-state index contributed by atoms with van der Waals surface area (Å²) in [4.78, 5) is 0.0885. The van der Waals surface area contributed by atoms with E-state index in [2.05, 4.69) is 13.8 Å². The van der Waals surface area contributed by atoms with E-state index < -0.39 is 10.1 Å². The third kappa shape index (κ3) is 11.2. The number of unbranched alkanes of at least 4 members (excludes halogenated alkanes) is 10. The Morgan fingerprint density at radius 3 is 1.71 bits per heavy atom. The Morgan fingerprint density at radius 2 is 1.21 bits per heavy atom. The maximum absolute atomic E-state index is 11.7. The van der Waals surface area contributed by atoms with Crippen LogP contribution in [0, 0.1) is 5.92 Å². The molecule has 0 saturated carbocycles. The molecule has 0 aliphatic heterocycles. The van der Waals surface area contributed by atoms with Crippen LogP contribution in [0.2, 0.25) is 0 Å². The summed E-state index contributed by atoms with van der Waals surface area (Å²) >= 11 is 0. The molecule has 0 bridgehead atoms. The molecule has 0 fully saturated rings. The average Bonchev–Trinajstić information content (AvgIpc) is 2.66. The Hall–Kier alpha value is -0.870. The van der Waals surface area contributed by atoms with Gasteiger partial charge in [0.25, 0.3) is 10.1 Å². The first-order chi connectivity index (χ1) is 13.5. The first-order valence-electron chi connectivity index (χ1n) is 11.5. The fourth-order valence-corrected chi connectivity index (χ4v) is 4.74. The van der Waals surface area contributed by atoms with Crippen LogP contribution in [0.3, 0.4) is 0 Å². The van der Waals surface area contributed by atoms with Gasteiger partial charge in [-0.05, 0) is 24.0 Å². The number of rotatable bonds is 17. The molecule has 0 aromatic heterocycles. The van der Waals surface area contributed by atoms with Crippen LogP contribution in [0.4, 0.5) is 0 Å². The van der Waals surface area contributed by atoms with Crippen molar-refractivity contribution in [3.8, 4) is 0 Å². The van der Waals surface area contributed by atoms with Crippen molar-refractivity contribution < 1.29 is 13.0 Å². The summed E-state index contributed by atoms with van der Waals surface area (Å²) in [7, 11) is -4.15. The molecule has 28 heavy (non-hydrogen) atoms. The van der Waals surface area contributed by atoms with Gasteiger partial charge < -0.3 is 0 Å². The van der Waals surface area contributed by atoms with Gasteiger partial charge in [-0.25, -0.2) is 0 Å². The molecule has 0 radical (unpaired) electrons. The molecule has 4 heteroatoms. The average molecular weight is 411 g/mol. The van der Waals surface area contributed by atoms with Crippen molar-refractivity contribution in [1.82, 2.24) is 0 Å². The molecule has 1 aromatic rings. The molecule has 0 aliphatic rings. The SMILES string of the molecule is CCCCCCCCCC(CCCCCCC)Cc1ccccc1S(=O)(=O)O. The summed E-state index contributed by atoms with van der Waals surface area (Å²) in [6, 6.07) is 6.94. The minimum atomic E-state index is -4.15. The van der Waals surface area contributed by atoms with Crippen LogP contribution in [-0.4, -0.2) is 13.0 Å². The minimum absolute atomic E-state index is 0.0885. The van der Waals surface area contributed by atoms with Gasteiger partial charge in [-0.3, -0.25) is 4.55 Å². The predicted molar refractivity (Wildman–Crippen MR) is 119 cm³/mol. The third-order valence-electron chi connectivity index (χ3n) is 5.69. The Kier molecular flexibility index (Phi) is 13.5. The molecule has 0 amide bonds. The summed E-state index contributed by atoms with van der Waals surface area (Å²) in [6.07, 6.45) is 18.5. The maximum atomic E-state index is 11.7. The molecule has 0 saturated heterocycles. The second-order valence-corrected chi connectivity index (χ2v) is 9.66. The highest BCUT2D eigenvalue weighted by molar-refractivity contribution is 7.85. The van der Waals surface area contributed by atoms with Gasteiger partial charge >= 0.3 is 0 Å². The summed E-state index contributed by atoms with van der Waals surface area (Å²) in [5.41, 5.74) is 0.770. The van der Waals surface area contributed by atoms with E-state index in [0.29, 0.717) is 5.92 Å². The van der Waals surface area contributed by atoms with Gasteiger partial charge in [-0.1, -0.05) is 122 Å². The Labute approximate surface area is 174 Å². The van der Waals surface area contributed by atoms with Gasteiger partial charge in [-0.15, -0.1) is 0 Å². The van der Waals surface area contributed by atoms with Gasteiger partial charge in [-0.2, -0.15) is 8.42 Å². The molecule has 1 rings (SSSR count). The normalized spacial score (nSPS) is 13.0. The number of hydrogen-bond donors (Lipinski definition) is 1. The lowest BCUT2D eigenvalue weighted by Gasteiger charge is -2.18. The topological polar surface area (TPSA) is 54.4 Å². The lowest BCUT2D eigenvalue weighted by atomic mass is 9.88. The second-order valence-electron chi connectivity index (χ2n) is 8.27. The molecule has 3 nitrogen and oxygen atoms in total. The Balaban J connectivity index is 2.58. The van der Waals surface area contributed by atoms with Crippen LogP contribution < -0.4 is 0 Å². The zero-order valence-electron chi connectivity index (χ0n) is 18.2. The van der Waals surface area contributed by atoms with Crippen LogP contribution in [-0.2, 0) is 16.5 Å². The third-order valence-corrected chi connectivity index (χ3v) is 6.65. The van der Waals surface area contributed by atoms with Gasteiger partial charge in [0.05, 0.1) is 4.90 Å². The van der Waals surface area contributed by atoms with E-state index in [1.54, 1.807) is 6.07 Å². The van der Waals surface area contributed by atoms with E-state index in [1.165, 1.54) is 83.1 Å². The molecular weight excluding hydrogens is 368 g/mol. The summed E-state index contributed by atoms with van der Waals surface area (Å²) in [6.45, 7) is 4.48. The highest BCUT2D eigenvalue weighted by Gasteiger charge is 2.18. The van der Waals surface area contributed by atoms with Crippen molar-refractivity contribution >= 4 is 10.1 Å². The van der Waals surface area contributed by atoms with Crippen LogP contribution in [0.1, 0.15) is 109 Å². The molecule has 1 atom stereocenters. The van der Waals surface area contributed by atoms with Crippen molar-refractivity contribution in [2.75, 3.05) is 0 Å². The van der Waals surface area contributed by atoms with Crippen molar-refractivity contribution in [2.45, 2.75) is 115 Å². The summed E-state index contributed by atoms with van der Waals surface area (Å²) in [5.74, 6) is 0.500. The Bertz CT molecular complexity index is 610. The van der Waals surface area contributed by atoms with Crippen LogP contribution in [0.15, 0.2) is 29.2 Å². The highest BCUT2D eigenvalue weighted by Crippen LogP contribution is 2.26. The molecule has 1 unspecified atom stereocenters. The first-order valence-corrected chi connectivity index (χ1v) is 13.0. The quantitative estimate of drug-likeness (QED) is 0.212. The minimum Gasteiger partial charge on any atom is -0.282 e. The Morgan fingerprint density at radius 1 is 0.750 bits per heavy atom. The van der Waals surface area contributed by atoms with Gasteiger partial charge in [0, 0.05) is 0 Å². The predicted octanol–water partition coefficient (Wildman–Crippen LogP) is 7.59. The monoisotopic (exact) mass is 410 g/mol. The zero-order valence-corrected chi connectivity index (χ0v) is 19.0. The molecule has 1 N–H and O–H groups in total. The largest absolute Gasteiger partial charge is 0.294 e. The maximum Gasteiger partial charge on any atom is 0.294 e. The van der Waals surface area contributed by atoms with E-state index in [-0.39, 0.29) is 4.90 Å². The number of hydrogen-bond acceptors (Lipinski definition) is 2. The molecule has 0 heterocycles. The van der Waals surface area contributed by atoms with E-state index in [0.717, 1.165) is 24.8 Å². The van der Waals surface area contributed by atoms with Crippen LogP contribution in [0.25, 0.3) is 0 Å². The molecule has 162 valence electrons. The van der Waals surface area contributed by atoms with Crippen molar-refractivity contribution in [3.63, 3.8) is 0 Å². The van der Waals surface area contributed by atoms with Crippen molar-refractivity contribution in [3.05, 3.63) is 29.8 Å². The molecule has 1 aromatic carbocycles. The van der Waals surface area contributed by atoms with E-state index in [4.69, 9.17) is 0 Å². The van der Waals surface area contributed by atoms with Crippen molar-refractivity contribution in [1.29, 1.82) is 0 Å². The van der Waals surface area contributed by atoms with Crippen molar-refractivity contribution in [2.24, 2.45) is 5.92 Å². The van der Waals surface area contributed by atoms with Gasteiger partial charge in [0.15, 0.2) is 0 Å². The first kappa shape index (κ1) is 25.2. The van der Waals surface area contributed by atoms with E-state index in [9.17, 15) is 13.0 Å². The molecular formula is C24H42O3S. The fourth-order valence-electron chi connectivity index (χ4n) is 4.01.